The molecule has 2 aromatic heterocycles. The fourth-order valence-electron chi connectivity index (χ4n) is 10.3. The van der Waals surface area contributed by atoms with Crippen molar-refractivity contribution in [1.29, 1.82) is 0 Å². The van der Waals surface area contributed by atoms with Crippen LogP contribution >= 0.6 is 11.3 Å². The lowest BCUT2D eigenvalue weighted by Gasteiger charge is -2.30. The second-order valence-corrected chi connectivity index (χ2v) is 17.6. The average Bonchev–Trinajstić information content (AvgIpc) is 3.91. The van der Waals surface area contributed by atoms with E-state index in [1.54, 1.807) is 0 Å². The lowest BCUT2D eigenvalue weighted by atomic mass is 9.80. The third kappa shape index (κ3) is 6.14. The third-order valence-corrected chi connectivity index (χ3v) is 14.3. The second kappa shape index (κ2) is 15.0. The Morgan fingerprint density at radius 3 is 1.90 bits per heavy atom. The molecule has 61 heavy (non-hydrogen) atoms. The Bertz CT molecular complexity index is 3430. The molecule has 0 saturated heterocycles. The van der Waals surface area contributed by atoms with Gasteiger partial charge in [0.25, 0.3) is 0 Å². The summed E-state index contributed by atoms with van der Waals surface area (Å²) < 4.78 is 9.02. The quantitative estimate of drug-likeness (QED) is 0.160. The number of furan rings is 1. The van der Waals surface area contributed by atoms with Crippen molar-refractivity contribution >= 4 is 81.3 Å². The first-order valence-corrected chi connectivity index (χ1v) is 22.5. The maximum Gasteiger partial charge on any atom is 0.136 e. The van der Waals surface area contributed by atoms with Gasteiger partial charge in [-0.3, -0.25) is 0 Å². The number of hydrogen-bond acceptors (Lipinski definition) is 3. The Balaban J connectivity index is 1.09. The summed E-state index contributed by atoms with van der Waals surface area (Å²) in [7, 11) is 0. The third-order valence-electron chi connectivity index (χ3n) is 13.1. The number of anilines is 3. The Morgan fingerprint density at radius 2 is 1.05 bits per heavy atom. The van der Waals surface area contributed by atoms with Gasteiger partial charge in [-0.05, 0) is 111 Å². The summed E-state index contributed by atoms with van der Waals surface area (Å²) in [5.74, 6) is 0.577. The van der Waals surface area contributed by atoms with Crippen LogP contribution in [0.3, 0.4) is 0 Å². The molecule has 0 N–H and O–H groups in total. The first kappa shape index (κ1) is 36.0. The molecule has 1 aliphatic carbocycles. The number of hydrogen-bond donors (Lipinski definition) is 0. The van der Waals surface area contributed by atoms with Crippen LogP contribution in [0.4, 0.5) is 17.1 Å². The van der Waals surface area contributed by atoms with Gasteiger partial charge >= 0.3 is 0 Å². The molecule has 11 aromatic rings. The molecule has 1 fully saturated rings. The van der Waals surface area contributed by atoms with E-state index in [1.165, 1.54) is 90.9 Å². The van der Waals surface area contributed by atoms with Gasteiger partial charge in [0.1, 0.15) is 11.2 Å². The molecule has 2 heterocycles. The molecule has 1 saturated carbocycles. The Morgan fingerprint density at radius 1 is 0.443 bits per heavy atom. The Kier molecular flexibility index (Phi) is 8.82. The topological polar surface area (TPSA) is 16.4 Å². The van der Waals surface area contributed by atoms with Gasteiger partial charge in [0.2, 0.25) is 0 Å². The minimum atomic E-state index is 0.577. The normalized spacial score (nSPS) is 13.5. The van der Waals surface area contributed by atoms with Crippen molar-refractivity contribution in [3.05, 3.63) is 200 Å². The molecular formula is C58H43NOS. The van der Waals surface area contributed by atoms with Crippen molar-refractivity contribution in [2.45, 2.75) is 38.0 Å². The summed E-state index contributed by atoms with van der Waals surface area (Å²) in [5.41, 5.74) is 13.9. The Labute approximate surface area is 360 Å². The summed E-state index contributed by atoms with van der Waals surface area (Å²) in [4.78, 5) is 2.49. The van der Waals surface area contributed by atoms with Gasteiger partial charge in [-0.1, -0.05) is 165 Å². The van der Waals surface area contributed by atoms with Gasteiger partial charge in [0.15, 0.2) is 0 Å². The molecule has 0 bridgehead atoms. The van der Waals surface area contributed by atoms with E-state index in [9.17, 15) is 0 Å². The number of thiophene rings is 1. The summed E-state index contributed by atoms with van der Waals surface area (Å²) >= 11 is 1.88. The fourth-order valence-corrected chi connectivity index (χ4v) is 11.5. The molecule has 0 unspecified atom stereocenters. The summed E-state index contributed by atoms with van der Waals surface area (Å²) in [6, 6.07) is 71.5. The summed E-state index contributed by atoms with van der Waals surface area (Å²) in [5, 5.41) is 7.60. The van der Waals surface area contributed by atoms with Crippen molar-refractivity contribution in [2.75, 3.05) is 4.90 Å². The van der Waals surface area contributed by atoms with Gasteiger partial charge in [-0.15, -0.1) is 11.3 Å². The zero-order valence-corrected chi connectivity index (χ0v) is 34.7. The largest absolute Gasteiger partial charge is 0.456 e. The van der Waals surface area contributed by atoms with Gasteiger partial charge in [-0.2, -0.15) is 0 Å². The molecule has 0 aliphatic heterocycles. The van der Waals surface area contributed by atoms with Crippen molar-refractivity contribution in [2.24, 2.45) is 0 Å². The fraction of sp³-hybridized carbons (Fsp3) is 0.103. The van der Waals surface area contributed by atoms with Crippen molar-refractivity contribution in [3.8, 4) is 33.4 Å². The monoisotopic (exact) mass is 801 g/mol. The van der Waals surface area contributed by atoms with E-state index in [-0.39, 0.29) is 0 Å². The number of rotatable bonds is 7. The molecule has 0 amide bonds. The zero-order chi connectivity index (χ0) is 40.3. The number of para-hydroxylation sites is 2. The van der Waals surface area contributed by atoms with Crippen LogP contribution in [0.2, 0.25) is 0 Å². The van der Waals surface area contributed by atoms with Gasteiger partial charge < -0.3 is 9.32 Å². The highest BCUT2D eigenvalue weighted by atomic mass is 32.1. The van der Waals surface area contributed by atoms with Crippen molar-refractivity contribution < 1.29 is 4.42 Å². The molecule has 2 nitrogen and oxygen atoms in total. The minimum absolute atomic E-state index is 0.577. The smallest absolute Gasteiger partial charge is 0.136 e. The SMILES string of the molecule is c1cc(-c2cccc3c2sc2ccccc23)cc(N(c2cccc(-c3cccc4oc5ccccc5c34)c2)c2ccccc2-c2cccc3cccc(C4CCCCC4)c23)c1. The van der Waals surface area contributed by atoms with E-state index >= 15 is 0 Å². The maximum absolute atomic E-state index is 6.38. The van der Waals surface area contributed by atoms with Gasteiger partial charge in [0, 0.05) is 47.9 Å². The molecular weight excluding hydrogens is 759 g/mol. The predicted molar refractivity (Wildman–Crippen MR) is 261 cm³/mol. The predicted octanol–water partition coefficient (Wildman–Crippen LogP) is 17.6. The molecule has 292 valence electrons. The first-order valence-electron chi connectivity index (χ1n) is 21.7. The zero-order valence-electron chi connectivity index (χ0n) is 33.9. The van der Waals surface area contributed by atoms with Crippen molar-refractivity contribution in [1.82, 2.24) is 0 Å². The number of fused-ring (bicyclic) bond motifs is 7. The highest BCUT2D eigenvalue weighted by Crippen LogP contribution is 2.48. The van der Waals surface area contributed by atoms with E-state index in [4.69, 9.17) is 4.42 Å². The summed E-state index contributed by atoms with van der Waals surface area (Å²) in [6.07, 6.45) is 6.46. The molecule has 3 heteroatoms. The van der Waals surface area contributed by atoms with E-state index in [2.05, 4.69) is 193 Å². The van der Waals surface area contributed by atoms with Crippen LogP contribution in [0.5, 0.6) is 0 Å². The molecule has 12 rings (SSSR count). The van der Waals surface area contributed by atoms with Crippen LogP contribution in [-0.2, 0) is 0 Å². The lowest BCUT2D eigenvalue weighted by Crippen LogP contribution is -2.12. The van der Waals surface area contributed by atoms with E-state index in [1.807, 2.05) is 17.4 Å². The molecule has 0 spiro atoms. The highest BCUT2D eigenvalue weighted by Gasteiger charge is 2.24. The van der Waals surface area contributed by atoms with Crippen molar-refractivity contribution in [3.63, 3.8) is 0 Å². The molecule has 0 radical (unpaired) electrons. The van der Waals surface area contributed by atoms with E-state index in [0.717, 1.165) is 50.1 Å². The maximum atomic E-state index is 6.38. The Hall–Kier alpha value is -6.94. The number of benzene rings is 9. The summed E-state index contributed by atoms with van der Waals surface area (Å²) in [6.45, 7) is 0. The first-order chi connectivity index (χ1) is 30.3. The molecule has 0 atom stereocenters. The van der Waals surface area contributed by atoms with E-state index < -0.39 is 0 Å². The standard InChI is InChI=1S/C58H43NOS/c1-2-16-38(17-3-1)44-27-12-18-39-19-13-30-49(56(39)44)47-24-4-7-32-52(47)59(42-22-10-20-40(36-42)45-28-15-34-54-57(45)51-26-5-8-33-53(51)60-54)43-23-11-21-41(37-43)46-29-14-31-50-48-25-6-9-35-55(48)61-58(46)50/h4-15,18-38H,1-3,16-17H2. The van der Waals surface area contributed by atoms with Gasteiger partial charge in [-0.25, -0.2) is 0 Å². The second-order valence-electron chi connectivity index (χ2n) is 16.6. The molecule has 1 aliphatic rings. The van der Waals surface area contributed by atoms with Crippen LogP contribution < -0.4 is 4.90 Å². The van der Waals surface area contributed by atoms with Crippen LogP contribution in [0.1, 0.15) is 43.6 Å². The van der Waals surface area contributed by atoms with Crippen LogP contribution in [0, 0.1) is 0 Å². The van der Waals surface area contributed by atoms with Gasteiger partial charge in [0.05, 0.1) is 5.69 Å². The number of nitrogens with zero attached hydrogens (tertiary/aromatic N) is 1. The molecule has 9 aromatic carbocycles. The average molecular weight is 802 g/mol. The van der Waals surface area contributed by atoms with Crippen LogP contribution in [0.25, 0.3) is 86.3 Å². The van der Waals surface area contributed by atoms with E-state index in [0.29, 0.717) is 5.92 Å². The minimum Gasteiger partial charge on any atom is -0.456 e. The van der Waals surface area contributed by atoms with Crippen LogP contribution in [-0.4, -0.2) is 0 Å². The van der Waals surface area contributed by atoms with Crippen LogP contribution in [0.15, 0.2) is 199 Å². The highest BCUT2D eigenvalue weighted by molar-refractivity contribution is 7.26. The lowest BCUT2D eigenvalue weighted by molar-refractivity contribution is 0.445.